The molecule has 0 radical (unpaired) electrons. The van der Waals surface area contributed by atoms with E-state index in [9.17, 15) is 9.18 Å². The van der Waals surface area contributed by atoms with Gasteiger partial charge in [-0.2, -0.15) is 0 Å². The van der Waals surface area contributed by atoms with Gasteiger partial charge in [-0.25, -0.2) is 4.39 Å². The second-order valence-corrected chi connectivity index (χ2v) is 3.59. The highest BCUT2D eigenvalue weighted by Gasteiger charge is 2.20. The van der Waals surface area contributed by atoms with Crippen LogP contribution in [-0.2, 0) is 16.9 Å². The third-order valence-corrected chi connectivity index (χ3v) is 1.79. The van der Waals surface area contributed by atoms with Crippen LogP contribution in [0.5, 0.6) is 0 Å². The van der Waals surface area contributed by atoms with Crippen LogP contribution in [0.3, 0.4) is 0 Å². The highest BCUT2D eigenvalue weighted by molar-refractivity contribution is 5.70. The molecule has 1 aromatic heterocycles. The summed E-state index contributed by atoms with van der Waals surface area (Å²) in [7, 11) is 0. The number of halogens is 1. The number of carbonyl (C=O) groups is 1. The first-order chi connectivity index (χ1) is 6.39. The van der Waals surface area contributed by atoms with Gasteiger partial charge in [0.2, 0.25) is 0 Å². The summed E-state index contributed by atoms with van der Waals surface area (Å²) < 4.78 is 13.4. The number of rotatable bonds is 3. The smallest absolute Gasteiger partial charge is 0.307 e. The van der Waals surface area contributed by atoms with Crippen molar-refractivity contribution in [1.29, 1.82) is 0 Å². The van der Waals surface area contributed by atoms with Gasteiger partial charge in [-0.1, -0.05) is 0 Å². The lowest BCUT2D eigenvalue weighted by Gasteiger charge is -2.13. The zero-order valence-corrected chi connectivity index (χ0v) is 8.12. The Morgan fingerprint density at radius 1 is 1.64 bits per heavy atom. The molecule has 76 valence electrons. The summed E-state index contributed by atoms with van der Waals surface area (Å²) in [6.07, 6.45) is 1.32. The Morgan fingerprint density at radius 3 is 2.79 bits per heavy atom. The van der Waals surface area contributed by atoms with Gasteiger partial charge in [-0.05, 0) is 31.5 Å². The Balaban J connectivity index is 2.95. The van der Waals surface area contributed by atoms with E-state index in [2.05, 4.69) is 4.98 Å². The monoisotopic (exact) mass is 197 g/mol. The molecule has 0 saturated heterocycles. The van der Waals surface area contributed by atoms with Crippen LogP contribution in [0.15, 0.2) is 18.3 Å². The number of aromatic nitrogens is 1. The molecule has 0 aliphatic heterocycles. The van der Waals surface area contributed by atoms with Crippen LogP contribution in [0.2, 0.25) is 0 Å². The molecule has 0 atom stereocenters. The van der Waals surface area contributed by atoms with Crippen LogP contribution in [0, 0.1) is 0 Å². The molecule has 0 amide bonds. The van der Waals surface area contributed by atoms with Crippen molar-refractivity contribution in [2.75, 3.05) is 0 Å². The molecule has 3 nitrogen and oxygen atoms in total. The van der Waals surface area contributed by atoms with Crippen molar-refractivity contribution in [2.24, 2.45) is 0 Å². The van der Waals surface area contributed by atoms with Crippen LogP contribution < -0.4 is 0 Å². The molecule has 0 bridgehead atoms. The van der Waals surface area contributed by atoms with Gasteiger partial charge in [0.1, 0.15) is 5.67 Å². The average molecular weight is 197 g/mol. The van der Waals surface area contributed by atoms with Gasteiger partial charge < -0.3 is 5.11 Å². The van der Waals surface area contributed by atoms with Crippen molar-refractivity contribution in [3.63, 3.8) is 0 Å². The second-order valence-electron chi connectivity index (χ2n) is 3.59. The molecular weight excluding hydrogens is 185 g/mol. The zero-order valence-electron chi connectivity index (χ0n) is 8.12. The molecule has 0 aliphatic carbocycles. The molecule has 14 heavy (non-hydrogen) atoms. The molecule has 1 N–H and O–H groups in total. The van der Waals surface area contributed by atoms with Crippen molar-refractivity contribution in [1.82, 2.24) is 4.98 Å². The van der Waals surface area contributed by atoms with Crippen molar-refractivity contribution in [2.45, 2.75) is 25.9 Å². The van der Waals surface area contributed by atoms with E-state index in [0.29, 0.717) is 5.56 Å². The van der Waals surface area contributed by atoms with Crippen molar-refractivity contribution in [3.8, 4) is 0 Å². The fraction of sp³-hybridized carbons (Fsp3) is 0.400. The summed E-state index contributed by atoms with van der Waals surface area (Å²) in [5, 5.41) is 8.55. The van der Waals surface area contributed by atoms with Crippen LogP contribution in [-0.4, -0.2) is 16.1 Å². The molecular formula is C10H12FNO2. The number of carboxylic acids is 1. The Morgan fingerprint density at radius 2 is 2.29 bits per heavy atom. The summed E-state index contributed by atoms with van der Waals surface area (Å²) in [6, 6.07) is 3.05. The maximum absolute atomic E-state index is 13.4. The summed E-state index contributed by atoms with van der Waals surface area (Å²) in [5.74, 6) is -0.932. The predicted octanol–water partition coefficient (Wildman–Crippen LogP) is 1.91. The SMILES string of the molecule is CC(C)(F)c1cc(CC(=O)O)ccn1. The summed E-state index contributed by atoms with van der Waals surface area (Å²) in [6.45, 7) is 2.78. The van der Waals surface area contributed by atoms with Gasteiger partial charge in [-0.15, -0.1) is 0 Å². The number of hydrogen-bond donors (Lipinski definition) is 1. The van der Waals surface area contributed by atoms with E-state index in [1.54, 1.807) is 6.07 Å². The molecule has 1 rings (SSSR count). The molecule has 0 aliphatic rings. The maximum Gasteiger partial charge on any atom is 0.307 e. The number of alkyl halides is 1. The number of nitrogens with zero attached hydrogens (tertiary/aromatic N) is 1. The number of aliphatic carboxylic acids is 1. The second kappa shape index (κ2) is 3.74. The van der Waals surface area contributed by atoms with Crippen molar-refractivity contribution < 1.29 is 14.3 Å². The largest absolute Gasteiger partial charge is 0.481 e. The zero-order chi connectivity index (χ0) is 10.8. The predicted molar refractivity (Wildman–Crippen MR) is 49.7 cm³/mol. The lowest BCUT2D eigenvalue weighted by Crippen LogP contribution is -2.12. The van der Waals surface area contributed by atoms with E-state index in [0.717, 1.165) is 0 Å². The lowest BCUT2D eigenvalue weighted by atomic mass is 10.0. The third-order valence-electron chi connectivity index (χ3n) is 1.79. The first kappa shape index (κ1) is 10.6. The van der Waals surface area contributed by atoms with Crippen LogP contribution in [0.25, 0.3) is 0 Å². The standard InChI is InChI=1S/C10H12FNO2/c1-10(2,11)8-5-7(3-4-12-8)6-9(13)14/h3-5H,6H2,1-2H3,(H,13,14). The van der Waals surface area contributed by atoms with Crippen molar-refractivity contribution in [3.05, 3.63) is 29.6 Å². The molecule has 0 aromatic carbocycles. The van der Waals surface area contributed by atoms with Crippen molar-refractivity contribution >= 4 is 5.97 Å². The fourth-order valence-corrected chi connectivity index (χ4v) is 1.08. The van der Waals surface area contributed by atoms with E-state index in [-0.39, 0.29) is 12.1 Å². The molecule has 0 fully saturated rings. The fourth-order valence-electron chi connectivity index (χ4n) is 1.08. The van der Waals surface area contributed by atoms with E-state index in [4.69, 9.17) is 5.11 Å². The maximum atomic E-state index is 13.4. The number of pyridine rings is 1. The topological polar surface area (TPSA) is 50.2 Å². The van der Waals surface area contributed by atoms with Crippen LogP contribution in [0.1, 0.15) is 25.1 Å². The van der Waals surface area contributed by atoms with Gasteiger partial charge in [0, 0.05) is 6.20 Å². The Bertz CT molecular complexity index is 344. The van der Waals surface area contributed by atoms with Gasteiger partial charge in [0.25, 0.3) is 0 Å². The van der Waals surface area contributed by atoms with Gasteiger partial charge in [0.15, 0.2) is 0 Å². The minimum atomic E-state index is -1.53. The minimum Gasteiger partial charge on any atom is -0.481 e. The van der Waals surface area contributed by atoms with Gasteiger partial charge >= 0.3 is 5.97 Å². The quantitative estimate of drug-likeness (QED) is 0.805. The molecule has 1 aromatic rings. The molecule has 4 heteroatoms. The summed E-state index contributed by atoms with van der Waals surface area (Å²) in [5.41, 5.74) is -0.710. The summed E-state index contributed by atoms with van der Waals surface area (Å²) >= 11 is 0. The Hall–Kier alpha value is -1.45. The average Bonchev–Trinajstić information content (AvgIpc) is 2.01. The first-order valence-corrected chi connectivity index (χ1v) is 4.25. The molecule has 0 saturated carbocycles. The normalized spacial score (nSPS) is 11.4. The number of hydrogen-bond acceptors (Lipinski definition) is 2. The van der Waals surface area contributed by atoms with E-state index >= 15 is 0 Å². The Kier molecular flexibility index (Phi) is 2.84. The van der Waals surface area contributed by atoms with E-state index in [1.165, 1.54) is 26.1 Å². The third kappa shape index (κ3) is 2.80. The summed E-state index contributed by atoms with van der Waals surface area (Å²) in [4.78, 5) is 14.3. The molecule has 0 unspecified atom stereocenters. The first-order valence-electron chi connectivity index (χ1n) is 4.25. The van der Waals surface area contributed by atoms with E-state index < -0.39 is 11.6 Å². The van der Waals surface area contributed by atoms with Gasteiger partial charge in [-0.3, -0.25) is 9.78 Å². The lowest BCUT2D eigenvalue weighted by molar-refractivity contribution is -0.136. The van der Waals surface area contributed by atoms with Crippen LogP contribution in [0.4, 0.5) is 4.39 Å². The minimum absolute atomic E-state index is 0.106. The van der Waals surface area contributed by atoms with E-state index in [1.807, 2.05) is 0 Å². The highest BCUT2D eigenvalue weighted by Crippen LogP contribution is 2.22. The van der Waals surface area contributed by atoms with Crippen LogP contribution >= 0.6 is 0 Å². The molecule has 0 spiro atoms. The number of carboxylic acid groups (broad SMARTS) is 1. The Labute approximate surface area is 81.6 Å². The highest BCUT2D eigenvalue weighted by atomic mass is 19.1. The molecule has 1 heterocycles. The van der Waals surface area contributed by atoms with Gasteiger partial charge in [0.05, 0.1) is 12.1 Å².